The molecule has 1 aromatic carbocycles. The molecule has 0 saturated heterocycles. The van der Waals surface area contributed by atoms with Gasteiger partial charge in [-0.1, -0.05) is 37.6 Å². The fraction of sp³-hybridized carbons (Fsp3) is 0.533. The zero-order chi connectivity index (χ0) is 14.5. The first-order chi connectivity index (χ1) is 8.85. The number of halogens is 2. The van der Waals surface area contributed by atoms with Gasteiger partial charge in [0.15, 0.2) is 0 Å². The van der Waals surface area contributed by atoms with Crippen LogP contribution in [0.2, 0.25) is 5.02 Å². The molecule has 0 bridgehead atoms. The number of carbonyl (C=O) groups is 1. The van der Waals surface area contributed by atoms with Crippen molar-refractivity contribution in [1.29, 1.82) is 0 Å². The van der Waals surface area contributed by atoms with Gasteiger partial charge in [-0.2, -0.15) is 0 Å². The first-order valence-electron chi connectivity index (χ1n) is 6.50. The molecule has 0 unspecified atom stereocenters. The molecule has 0 heterocycles. The number of nitrogens with two attached hydrogens (primary N) is 1. The molecule has 0 fully saturated rings. The smallest absolute Gasteiger partial charge is 0.142 e. The van der Waals surface area contributed by atoms with Crippen LogP contribution in [0.4, 0.5) is 4.39 Å². The van der Waals surface area contributed by atoms with E-state index in [4.69, 9.17) is 17.3 Å². The Morgan fingerprint density at radius 2 is 2.05 bits per heavy atom. The fourth-order valence-electron chi connectivity index (χ4n) is 1.98. The number of rotatable bonds is 7. The molecule has 2 nitrogen and oxygen atoms in total. The second-order valence-electron chi connectivity index (χ2n) is 5.63. The molecule has 106 valence electrons. The second kappa shape index (κ2) is 7.01. The summed E-state index contributed by atoms with van der Waals surface area (Å²) in [7, 11) is 0. The van der Waals surface area contributed by atoms with Crippen LogP contribution in [0, 0.1) is 11.2 Å². The summed E-state index contributed by atoms with van der Waals surface area (Å²) in [5, 5.41) is 0.0528. The predicted molar refractivity (Wildman–Crippen MR) is 76.8 cm³/mol. The molecule has 0 radical (unpaired) electrons. The van der Waals surface area contributed by atoms with Crippen molar-refractivity contribution in [2.45, 2.75) is 39.5 Å². The zero-order valence-electron chi connectivity index (χ0n) is 11.5. The summed E-state index contributed by atoms with van der Waals surface area (Å²) >= 11 is 5.83. The lowest BCUT2D eigenvalue weighted by Crippen LogP contribution is -2.19. The van der Waals surface area contributed by atoms with Crippen molar-refractivity contribution in [2.24, 2.45) is 11.1 Å². The van der Waals surface area contributed by atoms with Crippen LogP contribution in [0.3, 0.4) is 0 Å². The highest BCUT2D eigenvalue weighted by atomic mass is 35.5. The Kier molecular flexibility index (Phi) is 5.95. The van der Waals surface area contributed by atoms with Crippen LogP contribution in [0.25, 0.3) is 0 Å². The van der Waals surface area contributed by atoms with Crippen LogP contribution in [-0.4, -0.2) is 12.3 Å². The van der Waals surface area contributed by atoms with Gasteiger partial charge in [0.25, 0.3) is 0 Å². The number of hydrogen-bond acceptors (Lipinski definition) is 2. The molecule has 0 atom stereocenters. The number of ketones is 1. The number of Topliss-reactive ketones (excluding diaryl/α,β-unsaturated/α-hetero) is 1. The van der Waals surface area contributed by atoms with Crippen LogP contribution in [0.1, 0.15) is 38.7 Å². The Hall–Kier alpha value is -0.930. The fourth-order valence-corrected chi connectivity index (χ4v) is 2.17. The Morgan fingerprint density at radius 1 is 1.37 bits per heavy atom. The third-order valence-corrected chi connectivity index (χ3v) is 3.74. The maximum atomic E-state index is 13.2. The van der Waals surface area contributed by atoms with Crippen molar-refractivity contribution in [2.75, 3.05) is 6.54 Å². The Morgan fingerprint density at radius 3 is 2.68 bits per heavy atom. The first-order valence-corrected chi connectivity index (χ1v) is 6.88. The molecule has 4 heteroatoms. The molecule has 0 aliphatic carbocycles. The van der Waals surface area contributed by atoms with Gasteiger partial charge in [-0.25, -0.2) is 4.39 Å². The van der Waals surface area contributed by atoms with E-state index < -0.39 is 5.82 Å². The summed E-state index contributed by atoms with van der Waals surface area (Å²) in [5.41, 5.74) is 6.16. The van der Waals surface area contributed by atoms with Crippen molar-refractivity contribution in [3.63, 3.8) is 0 Å². The van der Waals surface area contributed by atoms with Crippen LogP contribution >= 0.6 is 11.6 Å². The molecular weight excluding hydrogens is 265 g/mol. The van der Waals surface area contributed by atoms with Crippen molar-refractivity contribution in [1.82, 2.24) is 0 Å². The van der Waals surface area contributed by atoms with E-state index in [1.165, 1.54) is 6.07 Å². The normalized spacial score (nSPS) is 11.6. The Labute approximate surface area is 119 Å². The summed E-state index contributed by atoms with van der Waals surface area (Å²) in [6.07, 6.45) is 2.34. The summed E-state index contributed by atoms with van der Waals surface area (Å²) in [6.45, 7) is 4.82. The van der Waals surface area contributed by atoms with Crippen molar-refractivity contribution >= 4 is 17.4 Å². The van der Waals surface area contributed by atoms with Gasteiger partial charge in [0.05, 0.1) is 5.02 Å². The maximum absolute atomic E-state index is 13.2. The third kappa shape index (κ3) is 5.29. The van der Waals surface area contributed by atoms with E-state index in [0.29, 0.717) is 18.5 Å². The first kappa shape index (κ1) is 16.1. The number of hydrogen-bond donors (Lipinski definition) is 1. The Bertz CT molecular complexity index is 446. The maximum Gasteiger partial charge on any atom is 0.142 e. The van der Waals surface area contributed by atoms with Crippen LogP contribution < -0.4 is 5.73 Å². The topological polar surface area (TPSA) is 43.1 Å². The minimum Gasteiger partial charge on any atom is -0.330 e. The quantitative estimate of drug-likeness (QED) is 0.829. The molecule has 0 aromatic heterocycles. The summed E-state index contributed by atoms with van der Waals surface area (Å²) < 4.78 is 13.2. The van der Waals surface area contributed by atoms with E-state index in [9.17, 15) is 9.18 Å². The zero-order valence-corrected chi connectivity index (χ0v) is 12.3. The van der Waals surface area contributed by atoms with E-state index in [0.717, 1.165) is 12.8 Å². The standard InChI is InChI=1S/C15H21ClFNO/c1-15(2,8-9-18)7-6-12(19)10-11-4-3-5-13(17)14(11)16/h3-5H,6-10,18H2,1-2H3. The molecule has 19 heavy (non-hydrogen) atoms. The van der Waals surface area contributed by atoms with Gasteiger partial charge in [-0.3, -0.25) is 4.79 Å². The highest BCUT2D eigenvalue weighted by Gasteiger charge is 2.19. The van der Waals surface area contributed by atoms with Crippen molar-refractivity contribution in [3.8, 4) is 0 Å². The lowest BCUT2D eigenvalue weighted by atomic mass is 9.83. The number of benzene rings is 1. The van der Waals surface area contributed by atoms with Gasteiger partial charge in [-0.15, -0.1) is 0 Å². The molecule has 0 aliphatic heterocycles. The van der Waals surface area contributed by atoms with Crippen molar-refractivity contribution < 1.29 is 9.18 Å². The van der Waals surface area contributed by atoms with Gasteiger partial charge >= 0.3 is 0 Å². The van der Waals surface area contributed by atoms with E-state index in [-0.39, 0.29) is 22.6 Å². The van der Waals surface area contributed by atoms with Gasteiger partial charge < -0.3 is 5.73 Å². The average Bonchev–Trinajstić information content (AvgIpc) is 2.33. The molecule has 1 rings (SSSR count). The highest BCUT2D eigenvalue weighted by Crippen LogP contribution is 2.27. The summed E-state index contributed by atoms with van der Waals surface area (Å²) in [5.74, 6) is -0.395. The monoisotopic (exact) mass is 285 g/mol. The van der Waals surface area contributed by atoms with Gasteiger partial charge in [0, 0.05) is 12.8 Å². The lowest BCUT2D eigenvalue weighted by molar-refractivity contribution is -0.119. The van der Waals surface area contributed by atoms with Gasteiger partial charge in [0.2, 0.25) is 0 Å². The van der Waals surface area contributed by atoms with Crippen molar-refractivity contribution in [3.05, 3.63) is 34.6 Å². The van der Waals surface area contributed by atoms with Crippen LogP contribution in [0.15, 0.2) is 18.2 Å². The minimum absolute atomic E-state index is 0.0528. The SMILES string of the molecule is CC(C)(CCN)CCC(=O)Cc1cccc(F)c1Cl. The molecule has 1 aromatic rings. The minimum atomic E-state index is -0.476. The van der Waals surface area contributed by atoms with Gasteiger partial charge in [-0.05, 0) is 36.4 Å². The van der Waals surface area contributed by atoms with E-state index in [2.05, 4.69) is 13.8 Å². The molecular formula is C15H21ClFNO. The van der Waals surface area contributed by atoms with E-state index in [1.54, 1.807) is 12.1 Å². The average molecular weight is 286 g/mol. The molecule has 2 N–H and O–H groups in total. The highest BCUT2D eigenvalue weighted by molar-refractivity contribution is 6.31. The second-order valence-corrected chi connectivity index (χ2v) is 6.01. The predicted octanol–water partition coefficient (Wildman–Crippen LogP) is 3.75. The third-order valence-electron chi connectivity index (χ3n) is 3.32. The molecule has 0 aliphatic rings. The van der Waals surface area contributed by atoms with E-state index in [1.807, 2.05) is 0 Å². The van der Waals surface area contributed by atoms with Gasteiger partial charge in [0.1, 0.15) is 11.6 Å². The van der Waals surface area contributed by atoms with Crippen LogP contribution in [-0.2, 0) is 11.2 Å². The lowest BCUT2D eigenvalue weighted by Gasteiger charge is -2.23. The molecule has 0 saturated carbocycles. The van der Waals surface area contributed by atoms with E-state index >= 15 is 0 Å². The van der Waals surface area contributed by atoms with Crippen LogP contribution in [0.5, 0.6) is 0 Å². The Balaban J connectivity index is 2.54. The molecule has 0 spiro atoms. The largest absolute Gasteiger partial charge is 0.330 e. The summed E-state index contributed by atoms with van der Waals surface area (Å²) in [4.78, 5) is 11.9. The number of carbonyl (C=O) groups excluding carboxylic acids is 1. The summed E-state index contributed by atoms with van der Waals surface area (Å²) in [6, 6.07) is 4.55. The molecule has 0 amide bonds.